The van der Waals surface area contributed by atoms with Gasteiger partial charge in [-0.3, -0.25) is 0 Å². The molecule has 1 unspecified atom stereocenters. The summed E-state index contributed by atoms with van der Waals surface area (Å²) in [6.07, 6.45) is 1.65. The van der Waals surface area contributed by atoms with Crippen molar-refractivity contribution in [2.24, 2.45) is 0 Å². The quantitative estimate of drug-likeness (QED) is 0.736. The van der Waals surface area contributed by atoms with E-state index in [2.05, 4.69) is 9.72 Å². The van der Waals surface area contributed by atoms with Crippen LogP contribution in [0.1, 0.15) is 23.3 Å². The topological polar surface area (TPSA) is 79.8 Å². The van der Waals surface area contributed by atoms with Gasteiger partial charge in [-0.1, -0.05) is 0 Å². The number of carbonyl (C=O) groups excluding carboxylic acids is 1. The third-order valence-electron chi connectivity index (χ3n) is 3.36. The lowest BCUT2D eigenvalue weighted by atomic mass is 10.2. The maximum atomic E-state index is 12.8. The van der Waals surface area contributed by atoms with Gasteiger partial charge in [-0.25, -0.2) is 18.2 Å². The molecule has 1 aromatic rings. The van der Waals surface area contributed by atoms with Gasteiger partial charge in [-0.2, -0.15) is 4.31 Å². The Hall–Kier alpha value is -1.03. The highest BCUT2D eigenvalue weighted by atomic mass is 32.2. The van der Waals surface area contributed by atoms with E-state index in [9.17, 15) is 13.2 Å². The SMILES string of the molecule is COC(=O)c1ncsc1S(=O)(=O)N1CCCC1CN(C)C. The molecule has 0 N–H and O–H groups in total. The second kappa shape index (κ2) is 6.39. The van der Waals surface area contributed by atoms with Crippen molar-refractivity contribution in [3.8, 4) is 0 Å². The predicted molar refractivity (Wildman–Crippen MR) is 78.9 cm³/mol. The van der Waals surface area contributed by atoms with Crippen LogP contribution in [-0.2, 0) is 14.8 Å². The number of aromatic nitrogens is 1. The van der Waals surface area contributed by atoms with Crippen LogP contribution in [-0.4, -0.2) is 68.9 Å². The molecule has 9 heteroatoms. The Balaban J connectivity index is 2.34. The van der Waals surface area contributed by atoms with E-state index < -0.39 is 16.0 Å². The molecule has 118 valence electrons. The second-order valence-electron chi connectivity index (χ2n) is 5.15. The molecule has 21 heavy (non-hydrogen) atoms. The first-order chi connectivity index (χ1) is 9.87. The van der Waals surface area contributed by atoms with Gasteiger partial charge in [0.1, 0.15) is 0 Å². The van der Waals surface area contributed by atoms with E-state index in [4.69, 9.17) is 0 Å². The lowest BCUT2D eigenvalue weighted by Gasteiger charge is -2.25. The van der Waals surface area contributed by atoms with Crippen LogP contribution >= 0.6 is 11.3 Å². The summed E-state index contributed by atoms with van der Waals surface area (Å²) in [4.78, 5) is 17.4. The van der Waals surface area contributed by atoms with Crippen LogP contribution in [0.15, 0.2) is 9.72 Å². The van der Waals surface area contributed by atoms with Crippen LogP contribution in [0.3, 0.4) is 0 Å². The number of nitrogens with zero attached hydrogens (tertiary/aromatic N) is 3. The van der Waals surface area contributed by atoms with Gasteiger partial charge in [-0.05, 0) is 26.9 Å². The van der Waals surface area contributed by atoms with Gasteiger partial charge < -0.3 is 9.64 Å². The maximum absolute atomic E-state index is 12.8. The fourth-order valence-corrected chi connectivity index (χ4v) is 5.42. The number of methoxy groups -OCH3 is 1. The third-order valence-corrected chi connectivity index (χ3v) is 6.65. The maximum Gasteiger partial charge on any atom is 0.358 e. The number of rotatable bonds is 5. The molecule has 0 bridgehead atoms. The van der Waals surface area contributed by atoms with Crippen molar-refractivity contribution in [2.75, 3.05) is 34.3 Å². The second-order valence-corrected chi connectivity index (χ2v) is 8.09. The highest BCUT2D eigenvalue weighted by Gasteiger charge is 2.39. The summed E-state index contributed by atoms with van der Waals surface area (Å²) < 4.78 is 31.6. The normalized spacial score (nSPS) is 20.1. The Morgan fingerprint density at radius 1 is 1.57 bits per heavy atom. The van der Waals surface area contributed by atoms with Gasteiger partial charge in [0.15, 0.2) is 9.90 Å². The van der Waals surface area contributed by atoms with Crippen molar-refractivity contribution in [1.29, 1.82) is 0 Å². The van der Waals surface area contributed by atoms with Gasteiger partial charge >= 0.3 is 5.97 Å². The fourth-order valence-electron chi connectivity index (χ4n) is 2.49. The molecule has 1 fully saturated rings. The van der Waals surface area contributed by atoms with Crippen molar-refractivity contribution in [2.45, 2.75) is 23.1 Å². The number of carbonyl (C=O) groups is 1. The minimum atomic E-state index is -3.71. The summed E-state index contributed by atoms with van der Waals surface area (Å²) in [6, 6.07) is -0.0717. The summed E-state index contributed by atoms with van der Waals surface area (Å²) in [5.41, 5.74) is 1.23. The number of sulfonamides is 1. The number of hydrogen-bond acceptors (Lipinski definition) is 7. The zero-order valence-corrected chi connectivity index (χ0v) is 13.9. The van der Waals surface area contributed by atoms with Gasteiger partial charge in [0.25, 0.3) is 10.0 Å². The van der Waals surface area contributed by atoms with Crippen molar-refractivity contribution in [3.63, 3.8) is 0 Å². The van der Waals surface area contributed by atoms with E-state index in [0.717, 1.165) is 24.2 Å². The fraction of sp³-hybridized carbons (Fsp3) is 0.667. The van der Waals surface area contributed by atoms with Crippen LogP contribution in [0.25, 0.3) is 0 Å². The van der Waals surface area contributed by atoms with Gasteiger partial charge in [0, 0.05) is 19.1 Å². The first kappa shape index (κ1) is 16.3. The Bertz CT molecular complexity index is 612. The molecule has 0 spiro atoms. The molecule has 1 aromatic heterocycles. The van der Waals surface area contributed by atoms with Crippen LogP contribution in [0, 0.1) is 0 Å². The molecule has 1 aliphatic heterocycles. The van der Waals surface area contributed by atoms with Gasteiger partial charge in [0.2, 0.25) is 0 Å². The molecule has 2 rings (SSSR count). The lowest BCUT2D eigenvalue weighted by Crippen LogP contribution is -2.41. The monoisotopic (exact) mass is 333 g/mol. The smallest absolute Gasteiger partial charge is 0.358 e. The third kappa shape index (κ3) is 3.25. The summed E-state index contributed by atoms with van der Waals surface area (Å²) in [6.45, 7) is 1.13. The summed E-state index contributed by atoms with van der Waals surface area (Å²) in [7, 11) is 1.32. The van der Waals surface area contributed by atoms with E-state index in [0.29, 0.717) is 13.1 Å². The zero-order chi connectivity index (χ0) is 15.6. The van der Waals surface area contributed by atoms with Crippen molar-refractivity contribution in [1.82, 2.24) is 14.2 Å². The Morgan fingerprint density at radius 2 is 2.29 bits per heavy atom. The number of likely N-dealkylation sites (N-methyl/N-ethyl adjacent to an activating group) is 1. The summed E-state index contributed by atoms with van der Waals surface area (Å²) >= 11 is 0.953. The number of thiazole rings is 1. The molecule has 7 nitrogen and oxygen atoms in total. The van der Waals surface area contributed by atoms with Crippen LogP contribution < -0.4 is 0 Å². The summed E-state index contributed by atoms with van der Waals surface area (Å²) in [5, 5.41) is 0. The largest absolute Gasteiger partial charge is 0.464 e. The molecule has 2 heterocycles. The highest BCUT2D eigenvalue weighted by molar-refractivity contribution is 7.91. The molecule has 1 atom stereocenters. The molecule has 0 aromatic carbocycles. The van der Waals surface area contributed by atoms with E-state index in [1.165, 1.54) is 16.9 Å². The standard InChI is InChI=1S/C12H19N3O4S2/c1-14(2)7-9-5-4-6-15(9)21(17,18)12-10(11(16)19-3)13-8-20-12/h8-9H,4-7H2,1-3H3. The minimum Gasteiger partial charge on any atom is -0.464 e. The first-order valence-electron chi connectivity index (χ1n) is 6.56. The van der Waals surface area contributed by atoms with Crippen molar-refractivity contribution >= 4 is 27.3 Å². The average molecular weight is 333 g/mol. The van der Waals surface area contributed by atoms with E-state index in [1.54, 1.807) is 0 Å². The van der Waals surface area contributed by atoms with Crippen LogP contribution in [0.5, 0.6) is 0 Å². The Morgan fingerprint density at radius 3 is 2.90 bits per heavy atom. The van der Waals surface area contributed by atoms with Crippen molar-refractivity contribution < 1.29 is 17.9 Å². The first-order valence-corrected chi connectivity index (χ1v) is 8.88. The molecular weight excluding hydrogens is 314 g/mol. The van der Waals surface area contributed by atoms with E-state index >= 15 is 0 Å². The molecular formula is C12H19N3O4S2. The Labute approximate surface area is 128 Å². The van der Waals surface area contributed by atoms with Crippen LogP contribution in [0.2, 0.25) is 0 Å². The van der Waals surface area contributed by atoms with Gasteiger partial charge in [-0.15, -0.1) is 11.3 Å². The van der Waals surface area contributed by atoms with Gasteiger partial charge in [0.05, 0.1) is 12.6 Å². The predicted octanol–water partition coefficient (Wildman–Crippen LogP) is 0.644. The number of hydrogen-bond donors (Lipinski definition) is 0. The molecule has 1 aliphatic rings. The van der Waals surface area contributed by atoms with E-state index in [-0.39, 0.29) is 15.9 Å². The zero-order valence-electron chi connectivity index (χ0n) is 12.3. The molecule has 1 saturated heterocycles. The van der Waals surface area contributed by atoms with Crippen LogP contribution in [0.4, 0.5) is 0 Å². The number of ether oxygens (including phenoxy) is 1. The number of esters is 1. The lowest BCUT2D eigenvalue weighted by molar-refractivity contribution is 0.0590. The molecule has 0 saturated carbocycles. The molecule has 0 radical (unpaired) electrons. The summed E-state index contributed by atoms with van der Waals surface area (Å²) in [5.74, 6) is -0.724. The molecule has 0 amide bonds. The van der Waals surface area contributed by atoms with E-state index in [1.807, 2.05) is 19.0 Å². The molecule has 0 aliphatic carbocycles. The minimum absolute atomic E-state index is 0.0278. The highest BCUT2D eigenvalue weighted by Crippen LogP contribution is 2.30. The average Bonchev–Trinajstić information content (AvgIpc) is 3.05. The Kier molecular flexibility index (Phi) is 4.97. The van der Waals surface area contributed by atoms with Crippen molar-refractivity contribution in [3.05, 3.63) is 11.2 Å².